The van der Waals surface area contributed by atoms with E-state index in [0.29, 0.717) is 11.7 Å². The van der Waals surface area contributed by atoms with Crippen LogP contribution in [0.5, 0.6) is 5.75 Å². The molecule has 0 aliphatic carbocycles. The van der Waals surface area contributed by atoms with Crippen LogP contribution in [0.3, 0.4) is 0 Å². The maximum atomic E-state index is 12.0. The Morgan fingerprint density at radius 3 is 2.56 bits per heavy atom. The number of carbonyl (C=O) groups is 1. The van der Waals surface area contributed by atoms with E-state index in [0.717, 1.165) is 17.7 Å². The number of thiocarbonyl (C=S) groups is 1. The summed E-state index contributed by atoms with van der Waals surface area (Å²) in [6.07, 6.45) is 1.03. The molecule has 0 bridgehead atoms. The molecule has 2 aromatic carbocycles. The van der Waals surface area contributed by atoms with Crippen molar-refractivity contribution in [3.8, 4) is 5.75 Å². The number of benzene rings is 2. The average Bonchev–Trinajstić information content (AvgIpc) is 2.60. The summed E-state index contributed by atoms with van der Waals surface area (Å²) in [4.78, 5) is 12.0. The van der Waals surface area contributed by atoms with Crippen LogP contribution in [0.15, 0.2) is 48.5 Å². The van der Waals surface area contributed by atoms with Crippen molar-refractivity contribution in [1.29, 1.82) is 0 Å². The first-order valence-electron chi connectivity index (χ1n) is 8.39. The van der Waals surface area contributed by atoms with Crippen LogP contribution in [0, 0.1) is 6.92 Å². The molecule has 1 amide bonds. The summed E-state index contributed by atoms with van der Waals surface area (Å²) in [6, 6.07) is 15.6. The van der Waals surface area contributed by atoms with Crippen LogP contribution in [0.2, 0.25) is 0 Å². The SMILES string of the molecule is CC[C@@H](C)c1ccccc1NC(=S)NC(=O)COc1ccccc1C. The molecule has 0 saturated carbocycles. The van der Waals surface area contributed by atoms with Crippen LogP contribution in [-0.4, -0.2) is 17.6 Å². The van der Waals surface area contributed by atoms with E-state index in [4.69, 9.17) is 17.0 Å². The molecule has 0 heterocycles. The second-order valence-corrected chi connectivity index (χ2v) is 6.36. The van der Waals surface area contributed by atoms with Gasteiger partial charge in [-0.3, -0.25) is 10.1 Å². The fourth-order valence-corrected chi connectivity index (χ4v) is 2.66. The zero-order valence-electron chi connectivity index (χ0n) is 14.8. The number of hydrogen-bond acceptors (Lipinski definition) is 3. The summed E-state index contributed by atoms with van der Waals surface area (Å²) in [5.41, 5.74) is 3.08. The molecule has 2 rings (SSSR count). The first kappa shape index (κ1) is 18.9. The lowest BCUT2D eigenvalue weighted by Crippen LogP contribution is -2.37. The standard InChI is InChI=1S/C20H24N2O2S/c1-4-14(2)16-10-6-7-11-17(16)21-20(25)22-19(23)13-24-18-12-8-5-9-15(18)3/h5-12,14H,4,13H2,1-3H3,(H2,21,22,23,25)/t14-/m1/s1. The van der Waals surface area contributed by atoms with Gasteiger partial charge >= 0.3 is 0 Å². The van der Waals surface area contributed by atoms with Crippen LogP contribution >= 0.6 is 12.2 Å². The molecule has 25 heavy (non-hydrogen) atoms. The predicted octanol–water partition coefficient (Wildman–Crippen LogP) is 4.40. The number of hydrogen-bond donors (Lipinski definition) is 2. The zero-order valence-corrected chi connectivity index (χ0v) is 15.7. The van der Waals surface area contributed by atoms with Gasteiger partial charge in [0.25, 0.3) is 5.91 Å². The van der Waals surface area contributed by atoms with E-state index >= 15 is 0 Å². The Morgan fingerprint density at radius 1 is 1.16 bits per heavy atom. The maximum Gasteiger partial charge on any atom is 0.264 e. The van der Waals surface area contributed by atoms with Gasteiger partial charge < -0.3 is 10.1 Å². The molecule has 0 aromatic heterocycles. The molecule has 0 unspecified atom stereocenters. The van der Waals surface area contributed by atoms with Crippen molar-refractivity contribution >= 4 is 28.9 Å². The lowest BCUT2D eigenvalue weighted by Gasteiger charge is -2.17. The predicted molar refractivity (Wildman–Crippen MR) is 106 cm³/mol. The lowest BCUT2D eigenvalue weighted by molar-refractivity contribution is -0.121. The van der Waals surface area contributed by atoms with E-state index in [-0.39, 0.29) is 17.6 Å². The molecule has 0 aliphatic rings. The molecule has 4 nitrogen and oxygen atoms in total. The van der Waals surface area contributed by atoms with Crippen LogP contribution < -0.4 is 15.4 Å². The highest BCUT2D eigenvalue weighted by Crippen LogP contribution is 2.26. The van der Waals surface area contributed by atoms with Crippen LogP contribution in [-0.2, 0) is 4.79 Å². The van der Waals surface area contributed by atoms with Crippen LogP contribution in [0.25, 0.3) is 0 Å². The molecule has 2 N–H and O–H groups in total. The van der Waals surface area contributed by atoms with Crippen LogP contribution in [0.4, 0.5) is 5.69 Å². The largest absolute Gasteiger partial charge is 0.483 e. The molecular weight excluding hydrogens is 332 g/mol. The van der Waals surface area contributed by atoms with Crippen molar-refractivity contribution in [2.24, 2.45) is 0 Å². The number of rotatable bonds is 6. The summed E-state index contributed by atoms with van der Waals surface area (Å²) < 4.78 is 5.53. The highest BCUT2D eigenvalue weighted by Gasteiger charge is 2.11. The van der Waals surface area contributed by atoms with Crippen molar-refractivity contribution in [1.82, 2.24) is 5.32 Å². The Kier molecular flexibility index (Phi) is 6.95. The summed E-state index contributed by atoms with van der Waals surface area (Å²) >= 11 is 5.25. The molecule has 0 aliphatic heterocycles. The Balaban J connectivity index is 1.90. The van der Waals surface area contributed by atoms with Gasteiger partial charge in [0.2, 0.25) is 0 Å². The van der Waals surface area contributed by atoms with Crippen molar-refractivity contribution in [3.05, 3.63) is 59.7 Å². The minimum absolute atomic E-state index is 0.0836. The van der Waals surface area contributed by atoms with E-state index in [9.17, 15) is 4.79 Å². The number of carbonyl (C=O) groups excluding carboxylic acids is 1. The molecule has 2 aromatic rings. The first-order chi connectivity index (χ1) is 12.0. The highest BCUT2D eigenvalue weighted by molar-refractivity contribution is 7.80. The monoisotopic (exact) mass is 356 g/mol. The molecule has 0 saturated heterocycles. The third kappa shape index (κ3) is 5.57. The van der Waals surface area contributed by atoms with Gasteiger partial charge in [-0.15, -0.1) is 0 Å². The molecular formula is C20H24N2O2S. The Bertz CT molecular complexity index is 746. The lowest BCUT2D eigenvalue weighted by atomic mass is 9.97. The number of para-hydroxylation sites is 2. The third-order valence-electron chi connectivity index (χ3n) is 4.06. The van der Waals surface area contributed by atoms with Gasteiger partial charge in [0, 0.05) is 5.69 Å². The number of ether oxygens (including phenoxy) is 1. The van der Waals surface area contributed by atoms with Gasteiger partial charge in [-0.2, -0.15) is 0 Å². The van der Waals surface area contributed by atoms with Gasteiger partial charge in [-0.25, -0.2) is 0 Å². The van der Waals surface area contributed by atoms with Gasteiger partial charge in [0.1, 0.15) is 5.75 Å². The second kappa shape index (κ2) is 9.18. The summed E-state index contributed by atoms with van der Waals surface area (Å²) in [7, 11) is 0. The Morgan fingerprint density at radius 2 is 1.84 bits per heavy atom. The highest BCUT2D eigenvalue weighted by atomic mass is 32.1. The third-order valence-corrected chi connectivity index (χ3v) is 4.26. The zero-order chi connectivity index (χ0) is 18.2. The summed E-state index contributed by atoms with van der Waals surface area (Å²) in [5.74, 6) is 0.812. The minimum atomic E-state index is -0.290. The van der Waals surface area contributed by atoms with E-state index in [2.05, 4.69) is 30.5 Å². The first-order valence-corrected chi connectivity index (χ1v) is 8.80. The topological polar surface area (TPSA) is 50.4 Å². The Labute approximate surface area is 154 Å². The molecule has 0 spiro atoms. The van der Waals surface area contributed by atoms with Gasteiger partial charge in [-0.1, -0.05) is 50.2 Å². The molecule has 0 radical (unpaired) electrons. The molecule has 5 heteroatoms. The van der Waals surface area contributed by atoms with Gasteiger partial charge in [0.15, 0.2) is 11.7 Å². The second-order valence-electron chi connectivity index (χ2n) is 5.95. The summed E-state index contributed by atoms with van der Waals surface area (Å²) in [5, 5.41) is 6.04. The van der Waals surface area contributed by atoms with Crippen molar-refractivity contribution in [2.75, 3.05) is 11.9 Å². The maximum absolute atomic E-state index is 12.0. The average molecular weight is 356 g/mol. The fraction of sp³-hybridized carbons (Fsp3) is 0.300. The van der Waals surface area contributed by atoms with Gasteiger partial charge in [0.05, 0.1) is 0 Å². The van der Waals surface area contributed by atoms with Crippen molar-refractivity contribution < 1.29 is 9.53 Å². The van der Waals surface area contributed by atoms with E-state index < -0.39 is 0 Å². The smallest absolute Gasteiger partial charge is 0.264 e. The van der Waals surface area contributed by atoms with Gasteiger partial charge in [-0.05, 0) is 54.7 Å². The number of nitrogens with one attached hydrogen (secondary N) is 2. The number of anilines is 1. The van der Waals surface area contributed by atoms with Crippen molar-refractivity contribution in [3.63, 3.8) is 0 Å². The van der Waals surface area contributed by atoms with E-state index in [1.54, 1.807) is 0 Å². The minimum Gasteiger partial charge on any atom is -0.483 e. The molecule has 1 atom stereocenters. The van der Waals surface area contributed by atoms with E-state index in [1.165, 1.54) is 5.56 Å². The Hall–Kier alpha value is -2.40. The normalized spacial score (nSPS) is 11.5. The molecule has 0 fully saturated rings. The fourth-order valence-electron chi connectivity index (χ4n) is 2.44. The quantitative estimate of drug-likeness (QED) is 0.753. The number of aryl methyl sites for hydroxylation is 1. The van der Waals surface area contributed by atoms with E-state index in [1.807, 2.05) is 49.4 Å². The number of amides is 1. The van der Waals surface area contributed by atoms with Crippen molar-refractivity contribution in [2.45, 2.75) is 33.1 Å². The molecule has 132 valence electrons. The van der Waals surface area contributed by atoms with Crippen LogP contribution in [0.1, 0.15) is 37.3 Å². The summed E-state index contributed by atoms with van der Waals surface area (Å²) in [6.45, 7) is 6.16.